The van der Waals surface area contributed by atoms with Gasteiger partial charge in [0.2, 0.25) is 0 Å². The van der Waals surface area contributed by atoms with Crippen LogP contribution < -0.4 is 20.2 Å². The molecule has 26 heavy (non-hydrogen) atoms. The van der Waals surface area contributed by atoms with Crippen molar-refractivity contribution in [1.82, 2.24) is 10.7 Å². The fraction of sp³-hybridized carbons (Fsp3) is 0.250. The molecule has 138 valence electrons. The lowest BCUT2D eigenvalue weighted by Gasteiger charge is -2.10. The lowest BCUT2D eigenvalue weighted by molar-refractivity contribution is -0.402. The second kappa shape index (κ2) is 9.06. The van der Waals surface area contributed by atoms with Crippen LogP contribution in [0, 0.1) is 10.1 Å². The third kappa shape index (κ3) is 5.23. The minimum Gasteiger partial charge on any atom is -0.493 e. The van der Waals surface area contributed by atoms with Crippen molar-refractivity contribution < 1.29 is 23.6 Å². The zero-order valence-corrected chi connectivity index (χ0v) is 14.2. The van der Waals surface area contributed by atoms with Crippen LogP contribution in [0.1, 0.15) is 11.3 Å². The summed E-state index contributed by atoms with van der Waals surface area (Å²) in [6.07, 6.45) is 1.75. The number of ether oxygens (including phenoxy) is 2. The zero-order chi connectivity index (χ0) is 18.9. The van der Waals surface area contributed by atoms with Crippen molar-refractivity contribution in [3.8, 4) is 11.5 Å². The number of nitro groups is 1. The first kappa shape index (κ1) is 18.8. The van der Waals surface area contributed by atoms with E-state index in [2.05, 4.69) is 15.8 Å². The molecular formula is C16H18N4O6. The minimum atomic E-state index is -0.661. The van der Waals surface area contributed by atoms with Gasteiger partial charge in [-0.05, 0) is 30.2 Å². The van der Waals surface area contributed by atoms with Crippen LogP contribution in [0.2, 0.25) is 0 Å². The monoisotopic (exact) mass is 362 g/mol. The number of hydrogen-bond donors (Lipinski definition) is 2. The van der Waals surface area contributed by atoms with Gasteiger partial charge in [0.05, 0.1) is 26.5 Å². The number of hydrazone groups is 1. The van der Waals surface area contributed by atoms with Crippen molar-refractivity contribution in [3.05, 3.63) is 51.8 Å². The summed E-state index contributed by atoms with van der Waals surface area (Å²) in [4.78, 5) is 21.5. The van der Waals surface area contributed by atoms with Crippen molar-refractivity contribution >= 4 is 18.1 Å². The maximum Gasteiger partial charge on any atom is 0.433 e. The Morgan fingerprint density at radius 2 is 2.04 bits per heavy atom. The highest BCUT2D eigenvalue weighted by Crippen LogP contribution is 2.27. The lowest BCUT2D eigenvalue weighted by Crippen LogP contribution is -2.33. The van der Waals surface area contributed by atoms with Crippen LogP contribution in [0.3, 0.4) is 0 Å². The second-order valence-electron chi connectivity index (χ2n) is 5.00. The number of hydrogen-bond acceptors (Lipinski definition) is 7. The normalized spacial score (nSPS) is 10.5. The van der Waals surface area contributed by atoms with Crippen LogP contribution in [0.5, 0.6) is 11.5 Å². The lowest BCUT2D eigenvalue weighted by atomic mass is 10.1. The summed E-state index contributed by atoms with van der Waals surface area (Å²) < 4.78 is 15.2. The second-order valence-corrected chi connectivity index (χ2v) is 5.00. The first-order valence-electron chi connectivity index (χ1n) is 7.55. The van der Waals surface area contributed by atoms with Crippen molar-refractivity contribution in [3.63, 3.8) is 0 Å². The number of rotatable bonds is 8. The van der Waals surface area contributed by atoms with Gasteiger partial charge in [-0.15, -0.1) is 0 Å². The van der Waals surface area contributed by atoms with Crippen molar-refractivity contribution in [2.24, 2.45) is 5.10 Å². The quantitative estimate of drug-likeness (QED) is 0.420. The molecule has 10 nitrogen and oxygen atoms in total. The van der Waals surface area contributed by atoms with Gasteiger partial charge in [-0.25, -0.2) is 10.2 Å². The number of methoxy groups -OCH3 is 2. The van der Waals surface area contributed by atoms with E-state index in [4.69, 9.17) is 13.9 Å². The Morgan fingerprint density at radius 3 is 2.69 bits per heavy atom. The molecule has 0 saturated carbocycles. The molecule has 2 aromatic rings. The van der Waals surface area contributed by atoms with Gasteiger partial charge in [-0.3, -0.25) is 10.1 Å². The number of amides is 2. The smallest absolute Gasteiger partial charge is 0.433 e. The highest BCUT2D eigenvalue weighted by Gasteiger charge is 2.10. The number of urea groups is 1. The molecule has 0 aliphatic rings. The third-order valence-corrected chi connectivity index (χ3v) is 3.30. The average Bonchev–Trinajstić information content (AvgIpc) is 3.11. The molecular weight excluding hydrogens is 344 g/mol. The molecule has 10 heteroatoms. The first-order valence-corrected chi connectivity index (χ1v) is 7.55. The molecule has 2 N–H and O–H groups in total. The topological polar surface area (TPSA) is 128 Å². The SMILES string of the molecule is COc1ccc(CCNC(=O)N/N=C/c2ccc([N+](=O)[O-])o2)cc1OC. The van der Waals surface area contributed by atoms with Gasteiger partial charge in [-0.2, -0.15) is 5.10 Å². The number of benzene rings is 1. The van der Waals surface area contributed by atoms with Gasteiger partial charge >= 0.3 is 11.9 Å². The Labute approximate surface area is 148 Å². The Balaban J connectivity index is 1.76. The van der Waals surface area contributed by atoms with Gasteiger partial charge in [-0.1, -0.05) is 6.07 Å². The van der Waals surface area contributed by atoms with E-state index in [9.17, 15) is 14.9 Å². The average molecular weight is 362 g/mol. The molecule has 0 aliphatic heterocycles. The largest absolute Gasteiger partial charge is 0.493 e. The molecule has 0 atom stereocenters. The Hall–Kier alpha value is -3.56. The fourth-order valence-electron chi connectivity index (χ4n) is 2.06. The fourth-order valence-corrected chi connectivity index (χ4v) is 2.06. The van der Waals surface area contributed by atoms with Gasteiger partial charge in [0, 0.05) is 6.54 Å². The molecule has 2 amide bonds. The molecule has 0 radical (unpaired) electrons. The van der Waals surface area contributed by atoms with Crippen molar-refractivity contribution in [1.29, 1.82) is 0 Å². The van der Waals surface area contributed by atoms with E-state index < -0.39 is 16.8 Å². The first-order chi connectivity index (χ1) is 12.5. The molecule has 2 rings (SSSR count). The zero-order valence-electron chi connectivity index (χ0n) is 14.2. The Morgan fingerprint density at radius 1 is 1.27 bits per heavy atom. The van der Waals surface area contributed by atoms with Crippen LogP contribution in [0.25, 0.3) is 0 Å². The summed E-state index contributed by atoms with van der Waals surface area (Å²) in [6.45, 7) is 0.378. The van der Waals surface area contributed by atoms with E-state index in [-0.39, 0.29) is 5.76 Å². The minimum absolute atomic E-state index is 0.155. The number of carbonyl (C=O) groups excluding carboxylic acids is 1. The maximum absolute atomic E-state index is 11.6. The van der Waals surface area contributed by atoms with E-state index in [0.29, 0.717) is 24.5 Å². The molecule has 1 aromatic heterocycles. The molecule has 0 fully saturated rings. The summed E-state index contributed by atoms with van der Waals surface area (Å²) >= 11 is 0. The van der Waals surface area contributed by atoms with Crippen molar-refractivity contribution in [2.45, 2.75) is 6.42 Å². The van der Waals surface area contributed by atoms with Gasteiger partial charge < -0.3 is 19.2 Å². The number of furan rings is 1. The van der Waals surface area contributed by atoms with Crippen LogP contribution >= 0.6 is 0 Å². The molecule has 1 aromatic carbocycles. The standard InChI is InChI=1S/C16H18N4O6/c1-24-13-5-3-11(9-14(13)25-2)7-8-17-16(21)19-18-10-12-4-6-15(26-12)20(22)23/h3-6,9-10H,7-8H2,1-2H3,(H2,17,19,21)/b18-10+. The highest BCUT2D eigenvalue weighted by atomic mass is 16.6. The van der Waals surface area contributed by atoms with E-state index in [0.717, 1.165) is 5.56 Å². The van der Waals surface area contributed by atoms with Gasteiger partial charge in [0.25, 0.3) is 0 Å². The summed E-state index contributed by atoms with van der Waals surface area (Å²) in [6, 6.07) is 7.57. The van der Waals surface area contributed by atoms with E-state index in [1.165, 1.54) is 18.3 Å². The number of nitrogens with one attached hydrogen (secondary N) is 2. The predicted molar refractivity (Wildman–Crippen MR) is 92.7 cm³/mol. The van der Waals surface area contributed by atoms with E-state index in [1.54, 1.807) is 20.3 Å². The summed E-state index contributed by atoms with van der Waals surface area (Å²) in [5.41, 5.74) is 3.21. The molecule has 0 spiro atoms. The third-order valence-electron chi connectivity index (χ3n) is 3.30. The molecule has 0 saturated heterocycles. The molecule has 1 heterocycles. The summed E-state index contributed by atoms with van der Waals surface area (Å²) in [7, 11) is 3.11. The van der Waals surface area contributed by atoms with E-state index in [1.807, 2.05) is 12.1 Å². The van der Waals surface area contributed by atoms with Crippen LogP contribution in [0.4, 0.5) is 10.7 Å². The predicted octanol–water partition coefficient (Wildman–Crippen LogP) is 2.08. The summed E-state index contributed by atoms with van der Waals surface area (Å²) in [5, 5.41) is 16.8. The van der Waals surface area contributed by atoms with Gasteiger partial charge in [0.1, 0.15) is 4.92 Å². The van der Waals surface area contributed by atoms with Crippen molar-refractivity contribution in [2.75, 3.05) is 20.8 Å². The Kier molecular flexibility index (Phi) is 6.54. The van der Waals surface area contributed by atoms with Gasteiger partial charge in [0.15, 0.2) is 17.3 Å². The highest BCUT2D eigenvalue weighted by molar-refractivity contribution is 5.79. The van der Waals surface area contributed by atoms with E-state index >= 15 is 0 Å². The Bertz CT molecular complexity index is 802. The molecule has 0 unspecified atom stereocenters. The maximum atomic E-state index is 11.6. The summed E-state index contributed by atoms with van der Waals surface area (Å²) in [5.74, 6) is 1.01. The number of carbonyl (C=O) groups is 1. The molecule has 0 aliphatic carbocycles. The van der Waals surface area contributed by atoms with Crippen LogP contribution in [0.15, 0.2) is 39.9 Å². The van der Waals surface area contributed by atoms with Crippen LogP contribution in [-0.2, 0) is 6.42 Å². The van der Waals surface area contributed by atoms with Crippen LogP contribution in [-0.4, -0.2) is 37.9 Å². The molecule has 0 bridgehead atoms. The number of nitrogens with zero attached hydrogens (tertiary/aromatic N) is 2.